The van der Waals surface area contributed by atoms with E-state index in [2.05, 4.69) is 10.4 Å². The van der Waals surface area contributed by atoms with Crippen molar-refractivity contribution in [1.82, 2.24) is 14.4 Å². The molecule has 0 radical (unpaired) electrons. The molecule has 1 saturated heterocycles. The molecule has 3 aromatic rings. The van der Waals surface area contributed by atoms with Crippen LogP contribution in [0.3, 0.4) is 0 Å². The summed E-state index contributed by atoms with van der Waals surface area (Å²) in [7, 11) is -1.91. The van der Waals surface area contributed by atoms with Gasteiger partial charge in [0.2, 0.25) is 0 Å². The highest BCUT2D eigenvalue weighted by Crippen LogP contribution is 2.43. The zero-order chi connectivity index (χ0) is 19.3. The van der Waals surface area contributed by atoms with Crippen LogP contribution in [0, 0.1) is 0 Å². The Morgan fingerprint density at radius 3 is 2.82 bits per heavy atom. The first-order valence-electron chi connectivity index (χ1n) is 9.66. The molecule has 3 heterocycles. The van der Waals surface area contributed by atoms with E-state index in [9.17, 15) is 8.42 Å². The van der Waals surface area contributed by atoms with Gasteiger partial charge in [0.25, 0.3) is 10.0 Å². The Bertz CT molecular complexity index is 1160. The highest BCUT2D eigenvalue weighted by Gasteiger charge is 2.34. The minimum atomic E-state index is -3.58. The Labute approximate surface area is 164 Å². The summed E-state index contributed by atoms with van der Waals surface area (Å²) in [6.07, 6.45) is 3.55. The number of ether oxygens (including phenoxy) is 1. The summed E-state index contributed by atoms with van der Waals surface area (Å²) in [4.78, 5) is 0.374. The van der Waals surface area contributed by atoms with Gasteiger partial charge in [-0.1, -0.05) is 24.6 Å². The highest BCUT2D eigenvalue weighted by molar-refractivity contribution is 7.90. The topological polar surface area (TPSA) is 63.6 Å². The highest BCUT2D eigenvalue weighted by atomic mass is 32.2. The quantitative estimate of drug-likeness (QED) is 0.574. The monoisotopic (exact) mass is 397 g/mol. The van der Waals surface area contributed by atoms with E-state index in [1.54, 1.807) is 19.2 Å². The van der Waals surface area contributed by atoms with Gasteiger partial charge in [0.15, 0.2) is 0 Å². The van der Waals surface area contributed by atoms with Crippen LogP contribution in [0.15, 0.2) is 47.4 Å². The van der Waals surface area contributed by atoms with Crippen molar-refractivity contribution < 1.29 is 13.2 Å². The number of rotatable bonds is 3. The van der Waals surface area contributed by atoms with Crippen molar-refractivity contribution in [2.75, 3.05) is 20.2 Å². The average molecular weight is 398 g/mol. The lowest BCUT2D eigenvalue weighted by Gasteiger charge is -2.22. The Morgan fingerprint density at radius 1 is 1.11 bits per heavy atom. The third-order valence-electron chi connectivity index (χ3n) is 5.70. The number of benzene rings is 2. The summed E-state index contributed by atoms with van der Waals surface area (Å²) in [5, 5.41) is 3.15. The number of fused-ring (bicyclic) bond motifs is 5. The predicted octanol–water partition coefficient (Wildman–Crippen LogP) is 3.36. The summed E-state index contributed by atoms with van der Waals surface area (Å²) in [5.41, 5.74) is 6.69. The summed E-state index contributed by atoms with van der Waals surface area (Å²) in [5.74, 6) is 0.786. The molecule has 0 spiro atoms. The van der Waals surface area contributed by atoms with Gasteiger partial charge in [-0.25, -0.2) is 17.4 Å². The summed E-state index contributed by atoms with van der Waals surface area (Å²) < 4.78 is 33.4. The zero-order valence-electron chi connectivity index (χ0n) is 15.8. The Balaban J connectivity index is 1.70. The molecule has 7 heteroatoms. The maximum Gasteiger partial charge on any atom is 0.269 e. The van der Waals surface area contributed by atoms with Crippen molar-refractivity contribution in [3.05, 3.63) is 48.0 Å². The van der Waals surface area contributed by atoms with Crippen molar-refractivity contribution >= 4 is 20.9 Å². The van der Waals surface area contributed by atoms with Gasteiger partial charge in [-0.15, -0.1) is 0 Å². The van der Waals surface area contributed by atoms with Gasteiger partial charge in [0.05, 0.1) is 23.2 Å². The number of aromatic nitrogens is 1. The molecule has 0 atom stereocenters. The number of hydrazine groups is 1. The minimum absolute atomic E-state index is 0.374. The van der Waals surface area contributed by atoms with Gasteiger partial charge in [0, 0.05) is 36.1 Å². The lowest BCUT2D eigenvalue weighted by Crippen LogP contribution is -2.37. The summed E-state index contributed by atoms with van der Waals surface area (Å²) in [6, 6.07) is 12.9. The number of hydrogen-bond acceptors (Lipinski definition) is 5. The number of nitrogens with zero attached hydrogens (tertiary/aromatic N) is 2. The zero-order valence-corrected chi connectivity index (χ0v) is 16.6. The van der Waals surface area contributed by atoms with Gasteiger partial charge < -0.3 is 4.74 Å². The molecule has 6 nitrogen and oxygen atoms in total. The molecule has 2 aromatic carbocycles. The molecule has 0 aliphatic carbocycles. The van der Waals surface area contributed by atoms with Gasteiger partial charge in [-0.3, -0.25) is 5.43 Å². The summed E-state index contributed by atoms with van der Waals surface area (Å²) in [6.45, 7) is 2.60. The number of methoxy groups -OCH3 is 1. The van der Waals surface area contributed by atoms with Crippen LogP contribution in [-0.4, -0.2) is 37.6 Å². The van der Waals surface area contributed by atoms with Crippen LogP contribution in [0.4, 0.5) is 0 Å². The third-order valence-corrected chi connectivity index (χ3v) is 7.49. The van der Waals surface area contributed by atoms with Crippen LogP contribution in [0.5, 0.6) is 5.75 Å². The average Bonchev–Trinajstić information content (AvgIpc) is 3.05. The molecular weight excluding hydrogens is 374 g/mol. The fraction of sp³-hybridized carbons (Fsp3) is 0.333. The Hall–Kier alpha value is -2.35. The van der Waals surface area contributed by atoms with Crippen LogP contribution in [0.25, 0.3) is 22.2 Å². The molecule has 1 fully saturated rings. The molecule has 0 unspecified atom stereocenters. The molecule has 0 bridgehead atoms. The van der Waals surface area contributed by atoms with Crippen LogP contribution in [0.1, 0.15) is 24.8 Å². The van der Waals surface area contributed by atoms with Crippen LogP contribution in [-0.2, 0) is 16.6 Å². The first-order chi connectivity index (χ1) is 13.6. The van der Waals surface area contributed by atoms with Gasteiger partial charge in [-0.05, 0) is 37.1 Å². The van der Waals surface area contributed by atoms with E-state index < -0.39 is 10.0 Å². The molecule has 28 heavy (non-hydrogen) atoms. The van der Waals surface area contributed by atoms with E-state index in [0.717, 1.165) is 47.5 Å². The third kappa shape index (κ3) is 2.57. The van der Waals surface area contributed by atoms with Crippen LogP contribution >= 0.6 is 0 Å². The van der Waals surface area contributed by atoms with Crippen molar-refractivity contribution in [1.29, 1.82) is 0 Å². The second-order valence-corrected chi connectivity index (χ2v) is 9.12. The fourth-order valence-electron chi connectivity index (χ4n) is 4.34. The second-order valence-electron chi connectivity index (χ2n) is 7.36. The Kier molecular flexibility index (Phi) is 4.19. The lowest BCUT2D eigenvalue weighted by molar-refractivity contribution is 0.190. The molecular formula is C21H23N3O3S. The van der Waals surface area contributed by atoms with Gasteiger partial charge in [0.1, 0.15) is 5.75 Å². The standard InChI is InChI=1S/C21H23N3O3S/c1-27-20-10-9-18-16(17(20)14-23-12-6-2-5-11-22-23)13-19-15-7-3-4-8-21(15)28(25,26)24(18)19/h3-4,7-10,13,22H,2,5-6,11-12,14H2,1H3. The van der Waals surface area contributed by atoms with Crippen LogP contribution < -0.4 is 10.2 Å². The Morgan fingerprint density at radius 2 is 1.96 bits per heavy atom. The van der Waals surface area contributed by atoms with E-state index in [4.69, 9.17) is 4.74 Å². The smallest absolute Gasteiger partial charge is 0.269 e. The SMILES string of the molecule is COc1ccc2c(cc3n2S(=O)(=O)c2ccccc2-3)c1CN1CCCCCN1. The van der Waals surface area contributed by atoms with Crippen molar-refractivity contribution in [2.45, 2.75) is 30.7 Å². The normalized spacial score (nSPS) is 18.6. The van der Waals surface area contributed by atoms with E-state index in [-0.39, 0.29) is 0 Å². The molecule has 146 valence electrons. The first-order valence-corrected chi connectivity index (χ1v) is 11.1. The van der Waals surface area contributed by atoms with Crippen molar-refractivity contribution in [2.24, 2.45) is 0 Å². The molecule has 5 rings (SSSR count). The number of hydrogen-bond donors (Lipinski definition) is 1. The lowest BCUT2D eigenvalue weighted by atomic mass is 10.1. The van der Waals surface area contributed by atoms with E-state index in [0.29, 0.717) is 17.0 Å². The molecule has 2 aliphatic heterocycles. The maximum atomic E-state index is 13.2. The summed E-state index contributed by atoms with van der Waals surface area (Å²) >= 11 is 0. The van der Waals surface area contributed by atoms with Gasteiger partial charge >= 0.3 is 0 Å². The maximum absolute atomic E-state index is 13.2. The number of nitrogens with one attached hydrogen (secondary N) is 1. The van der Waals surface area contributed by atoms with Crippen LogP contribution in [0.2, 0.25) is 0 Å². The van der Waals surface area contributed by atoms with Crippen molar-refractivity contribution in [3.63, 3.8) is 0 Å². The van der Waals surface area contributed by atoms with E-state index in [1.807, 2.05) is 30.3 Å². The molecule has 1 N–H and O–H groups in total. The van der Waals surface area contributed by atoms with E-state index in [1.165, 1.54) is 16.8 Å². The molecule has 2 aliphatic rings. The minimum Gasteiger partial charge on any atom is -0.496 e. The molecule has 0 saturated carbocycles. The predicted molar refractivity (Wildman–Crippen MR) is 109 cm³/mol. The second kappa shape index (κ2) is 6.62. The largest absolute Gasteiger partial charge is 0.496 e. The van der Waals surface area contributed by atoms with Crippen molar-refractivity contribution in [3.8, 4) is 17.0 Å². The van der Waals surface area contributed by atoms with E-state index >= 15 is 0 Å². The first kappa shape index (κ1) is 17.7. The molecule has 0 amide bonds. The molecule has 1 aromatic heterocycles. The van der Waals surface area contributed by atoms with Gasteiger partial charge in [-0.2, -0.15) is 0 Å². The fourth-order valence-corrected chi connectivity index (χ4v) is 6.07.